The van der Waals surface area contributed by atoms with E-state index in [-0.39, 0.29) is 11.8 Å². The topological polar surface area (TPSA) is 82.3 Å². The molecule has 7 heteroatoms. The van der Waals surface area contributed by atoms with Gasteiger partial charge in [0.1, 0.15) is 0 Å². The van der Waals surface area contributed by atoms with Crippen molar-refractivity contribution in [1.82, 2.24) is 21.3 Å². The standard InChI is InChI=1S/C15H29BrN4O2/c1-2-14(21)19-12-4-10-17-8-3-9-18-11-5-13-20-15(22)6-7-16/h2,17-18H,1,3-13H2,(H,19,21)(H,20,22). The second kappa shape index (κ2) is 16.5. The highest BCUT2D eigenvalue weighted by Crippen LogP contribution is 1.87. The van der Waals surface area contributed by atoms with Crippen LogP contribution < -0.4 is 21.3 Å². The van der Waals surface area contributed by atoms with Crippen LogP contribution in [0.25, 0.3) is 0 Å². The fourth-order valence-corrected chi connectivity index (χ4v) is 2.06. The average Bonchev–Trinajstić information content (AvgIpc) is 2.51. The van der Waals surface area contributed by atoms with Gasteiger partial charge in [-0.05, 0) is 51.5 Å². The number of rotatable bonds is 15. The van der Waals surface area contributed by atoms with Crippen molar-refractivity contribution in [3.05, 3.63) is 12.7 Å². The Morgan fingerprint density at radius 1 is 0.864 bits per heavy atom. The van der Waals surface area contributed by atoms with E-state index in [1.807, 2.05) is 0 Å². The van der Waals surface area contributed by atoms with Crippen molar-refractivity contribution in [3.63, 3.8) is 0 Å². The number of halogens is 1. The molecule has 0 rings (SSSR count). The molecule has 128 valence electrons. The molecule has 4 N–H and O–H groups in total. The maximum atomic E-state index is 11.2. The Bertz CT molecular complexity index is 314. The van der Waals surface area contributed by atoms with E-state index in [0.29, 0.717) is 18.3 Å². The number of alkyl halides is 1. The van der Waals surface area contributed by atoms with Crippen LogP contribution in [0.3, 0.4) is 0 Å². The van der Waals surface area contributed by atoms with Crippen molar-refractivity contribution in [3.8, 4) is 0 Å². The number of nitrogens with one attached hydrogen (secondary N) is 4. The van der Waals surface area contributed by atoms with Crippen LogP contribution in [0.5, 0.6) is 0 Å². The molecule has 0 unspecified atom stereocenters. The van der Waals surface area contributed by atoms with Crippen LogP contribution in [-0.4, -0.2) is 56.4 Å². The molecule has 0 fully saturated rings. The third-order valence-corrected chi connectivity index (χ3v) is 3.29. The molecule has 0 aliphatic heterocycles. The first-order valence-electron chi connectivity index (χ1n) is 7.85. The molecule has 0 bridgehead atoms. The molecule has 0 spiro atoms. The zero-order chi connectivity index (χ0) is 16.5. The molecular weight excluding hydrogens is 348 g/mol. The molecule has 0 aromatic carbocycles. The van der Waals surface area contributed by atoms with Gasteiger partial charge in [-0.1, -0.05) is 22.5 Å². The highest BCUT2D eigenvalue weighted by atomic mass is 79.9. The summed E-state index contributed by atoms with van der Waals surface area (Å²) in [5.41, 5.74) is 0. The Hall–Kier alpha value is -0.920. The molecule has 0 aliphatic rings. The molecule has 0 atom stereocenters. The smallest absolute Gasteiger partial charge is 0.243 e. The molecule has 0 saturated heterocycles. The van der Waals surface area contributed by atoms with Crippen molar-refractivity contribution in [2.45, 2.75) is 25.7 Å². The first-order valence-corrected chi connectivity index (χ1v) is 8.97. The number of carbonyl (C=O) groups is 2. The van der Waals surface area contributed by atoms with Crippen LogP contribution >= 0.6 is 15.9 Å². The molecule has 0 saturated carbocycles. The van der Waals surface area contributed by atoms with Gasteiger partial charge in [-0.25, -0.2) is 0 Å². The van der Waals surface area contributed by atoms with E-state index in [4.69, 9.17) is 0 Å². The van der Waals surface area contributed by atoms with Crippen LogP contribution in [0.15, 0.2) is 12.7 Å². The first-order chi connectivity index (χ1) is 10.7. The Balaban J connectivity index is 3.10. The minimum Gasteiger partial charge on any atom is -0.356 e. The molecule has 2 amide bonds. The molecule has 0 aliphatic carbocycles. The van der Waals surface area contributed by atoms with Gasteiger partial charge in [0.15, 0.2) is 0 Å². The predicted octanol–water partition coefficient (Wildman–Crippen LogP) is 0.539. The van der Waals surface area contributed by atoms with Gasteiger partial charge in [0, 0.05) is 24.8 Å². The van der Waals surface area contributed by atoms with Crippen molar-refractivity contribution in [2.24, 2.45) is 0 Å². The average molecular weight is 377 g/mol. The van der Waals surface area contributed by atoms with Crippen LogP contribution in [0.4, 0.5) is 0 Å². The monoisotopic (exact) mass is 376 g/mol. The summed E-state index contributed by atoms with van der Waals surface area (Å²) >= 11 is 3.24. The largest absolute Gasteiger partial charge is 0.356 e. The lowest BCUT2D eigenvalue weighted by atomic mass is 10.3. The Morgan fingerprint density at radius 3 is 1.86 bits per heavy atom. The van der Waals surface area contributed by atoms with Crippen LogP contribution in [0, 0.1) is 0 Å². The predicted molar refractivity (Wildman–Crippen MR) is 94.2 cm³/mol. The molecule has 0 radical (unpaired) electrons. The molecular formula is C15H29BrN4O2. The molecule has 22 heavy (non-hydrogen) atoms. The highest BCUT2D eigenvalue weighted by molar-refractivity contribution is 9.09. The third-order valence-electron chi connectivity index (χ3n) is 2.90. The first kappa shape index (κ1) is 21.1. The summed E-state index contributed by atoms with van der Waals surface area (Å²) in [6, 6.07) is 0. The van der Waals surface area contributed by atoms with Crippen LogP contribution in [-0.2, 0) is 9.59 Å². The lowest BCUT2D eigenvalue weighted by Gasteiger charge is -2.07. The van der Waals surface area contributed by atoms with Gasteiger partial charge >= 0.3 is 0 Å². The molecule has 0 heterocycles. The van der Waals surface area contributed by atoms with Gasteiger partial charge in [-0.2, -0.15) is 0 Å². The van der Waals surface area contributed by atoms with Crippen molar-refractivity contribution < 1.29 is 9.59 Å². The summed E-state index contributed by atoms with van der Waals surface area (Å²) in [5, 5.41) is 13.0. The van der Waals surface area contributed by atoms with Crippen LogP contribution in [0.1, 0.15) is 25.7 Å². The summed E-state index contributed by atoms with van der Waals surface area (Å²) in [4.78, 5) is 22.1. The number of hydrogen-bond acceptors (Lipinski definition) is 4. The van der Waals surface area contributed by atoms with Gasteiger partial charge in [0.2, 0.25) is 11.8 Å². The molecule has 6 nitrogen and oxygen atoms in total. The van der Waals surface area contributed by atoms with Crippen molar-refractivity contribution in [1.29, 1.82) is 0 Å². The summed E-state index contributed by atoms with van der Waals surface area (Å²) in [6.07, 6.45) is 4.75. The van der Waals surface area contributed by atoms with E-state index in [2.05, 4.69) is 43.8 Å². The highest BCUT2D eigenvalue weighted by Gasteiger charge is 1.97. The van der Waals surface area contributed by atoms with Crippen LogP contribution in [0.2, 0.25) is 0 Å². The zero-order valence-corrected chi connectivity index (χ0v) is 14.8. The third kappa shape index (κ3) is 15.5. The molecule has 0 aromatic heterocycles. The van der Waals surface area contributed by atoms with E-state index in [9.17, 15) is 9.59 Å². The number of carbonyl (C=O) groups excluding carboxylic acids is 2. The Kier molecular flexibility index (Phi) is 15.8. The van der Waals surface area contributed by atoms with Gasteiger partial charge in [0.05, 0.1) is 0 Å². The SMILES string of the molecule is C=CC(=O)NCCCNCCCNCCCNC(=O)CCBr. The second-order valence-corrected chi connectivity index (χ2v) is 5.64. The van der Waals surface area contributed by atoms with Gasteiger partial charge in [-0.15, -0.1) is 0 Å². The van der Waals surface area contributed by atoms with E-state index >= 15 is 0 Å². The maximum absolute atomic E-state index is 11.2. The van der Waals surface area contributed by atoms with E-state index in [1.165, 1.54) is 6.08 Å². The minimum atomic E-state index is -0.118. The number of hydrogen-bond donors (Lipinski definition) is 4. The summed E-state index contributed by atoms with van der Waals surface area (Å²) in [6.45, 7) is 8.55. The summed E-state index contributed by atoms with van der Waals surface area (Å²) in [7, 11) is 0. The Labute approximate surface area is 142 Å². The van der Waals surface area contributed by atoms with Gasteiger partial charge < -0.3 is 21.3 Å². The summed E-state index contributed by atoms with van der Waals surface area (Å²) in [5.74, 6) is -0.0158. The lowest BCUT2D eigenvalue weighted by Crippen LogP contribution is -2.29. The molecule has 0 aromatic rings. The fourth-order valence-electron chi connectivity index (χ4n) is 1.70. The normalized spacial score (nSPS) is 10.2. The second-order valence-electron chi connectivity index (χ2n) is 4.84. The van der Waals surface area contributed by atoms with Crippen molar-refractivity contribution >= 4 is 27.7 Å². The maximum Gasteiger partial charge on any atom is 0.243 e. The lowest BCUT2D eigenvalue weighted by molar-refractivity contribution is -0.120. The zero-order valence-electron chi connectivity index (χ0n) is 13.3. The fraction of sp³-hybridized carbons (Fsp3) is 0.733. The summed E-state index contributed by atoms with van der Waals surface area (Å²) < 4.78 is 0. The van der Waals surface area contributed by atoms with Crippen molar-refractivity contribution in [2.75, 3.05) is 44.6 Å². The Morgan fingerprint density at radius 2 is 1.36 bits per heavy atom. The van der Waals surface area contributed by atoms with Gasteiger partial charge in [0.25, 0.3) is 0 Å². The van der Waals surface area contributed by atoms with E-state index < -0.39 is 0 Å². The minimum absolute atomic E-state index is 0.102. The van der Waals surface area contributed by atoms with Gasteiger partial charge in [-0.3, -0.25) is 9.59 Å². The van der Waals surface area contributed by atoms with E-state index in [0.717, 1.165) is 52.0 Å². The van der Waals surface area contributed by atoms with E-state index in [1.54, 1.807) is 0 Å². The quantitative estimate of drug-likeness (QED) is 0.191. The number of amides is 2.